The van der Waals surface area contributed by atoms with Crippen LogP contribution in [0.2, 0.25) is 0 Å². The smallest absolute Gasteiger partial charge is 0.157 e. The Morgan fingerprint density at radius 1 is 1.14 bits per heavy atom. The van der Waals surface area contributed by atoms with E-state index in [0.29, 0.717) is 0 Å². The zero-order valence-electron chi connectivity index (χ0n) is 6.45. The van der Waals surface area contributed by atoms with Crippen LogP contribution in [-0.2, 0) is 0 Å². The van der Waals surface area contributed by atoms with Crippen molar-refractivity contribution in [3.8, 4) is 6.07 Å². The summed E-state index contributed by atoms with van der Waals surface area (Å²) in [4.78, 5) is 0.0489. The van der Waals surface area contributed by atoms with Gasteiger partial charge in [-0.3, -0.25) is 0 Å². The molecular weight excluding hydrogens is 578 g/mol. The molecular formula is C7H3Br6N. The average Bonchev–Trinajstić information content (AvgIpc) is 2.10. The minimum absolute atomic E-state index is 0.0489. The summed E-state index contributed by atoms with van der Waals surface area (Å²) in [7, 11) is 0. The highest BCUT2D eigenvalue weighted by atomic mass is 79.9. The van der Waals surface area contributed by atoms with E-state index in [-0.39, 0.29) is 4.83 Å². The summed E-state index contributed by atoms with van der Waals surface area (Å²) >= 11 is 21.0. The van der Waals surface area contributed by atoms with E-state index in [9.17, 15) is 0 Å². The van der Waals surface area contributed by atoms with Crippen LogP contribution in [-0.4, -0.2) is 15.6 Å². The second-order valence-electron chi connectivity index (χ2n) is 2.78. The van der Waals surface area contributed by atoms with Crippen LogP contribution in [0.4, 0.5) is 0 Å². The molecule has 0 heterocycles. The second kappa shape index (κ2) is 4.41. The lowest BCUT2D eigenvalue weighted by atomic mass is 9.96. The molecule has 0 aromatic rings. The number of hydrogen-bond acceptors (Lipinski definition) is 1. The molecule has 0 aromatic heterocycles. The summed E-state index contributed by atoms with van der Waals surface area (Å²) in [5, 5.41) is 9.14. The van der Waals surface area contributed by atoms with Crippen molar-refractivity contribution in [1.29, 1.82) is 5.26 Å². The predicted molar refractivity (Wildman–Crippen MR) is 80.3 cm³/mol. The van der Waals surface area contributed by atoms with Gasteiger partial charge in [-0.25, -0.2) is 0 Å². The van der Waals surface area contributed by atoms with Crippen molar-refractivity contribution in [2.75, 3.05) is 0 Å². The van der Waals surface area contributed by atoms with Gasteiger partial charge in [-0.15, -0.1) is 0 Å². The summed E-state index contributed by atoms with van der Waals surface area (Å²) in [5.41, 5.74) is 0. The van der Waals surface area contributed by atoms with Gasteiger partial charge in [0.25, 0.3) is 0 Å². The Kier molecular flexibility index (Phi) is 4.47. The zero-order chi connectivity index (χ0) is 11.2. The third-order valence-corrected chi connectivity index (χ3v) is 13.0. The minimum atomic E-state index is -0.822. The van der Waals surface area contributed by atoms with Crippen LogP contribution in [0.5, 0.6) is 0 Å². The molecule has 78 valence electrons. The van der Waals surface area contributed by atoms with Crippen LogP contribution in [0, 0.1) is 11.3 Å². The van der Waals surface area contributed by atoms with Gasteiger partial charge in [-0.2, -0.15) is 5.26 Å². The lowest BCUT2D eigenvalue weighted by Gasteiger charge is -2.46. The Balaban J connectivity index is 3.33. The van der Waals surface area contributed by atoms with E-state index in [1.54, 1.807) is 6.08 Å². The van der Waals surface area contributed by atoms with Crippen molar-refractivity contribution in [2.24, 2.45) is 0 Å². The second-order valence-corrected chi connectivity index (χ2v) is 12.0. The summed E-state index contributed by atoms with van der Waals surface area (Å²) < 4.78 is -2.00. The maximum atomic E-state index is 9.14. The molecule has 2 unspecified atom stereocenters. The Bertz CT molecular complexity index is 317. The van der Waals surface area contributed by atoms with Crippen LogP contribution < -0.4 is 0 Å². The Morgan fingerprint density at radius 3 is 2.07 bits per heavy atom. The molecule has 7 heteroatoms. The third kappa shape index (κ3) is 1.97. The molecule has 2 atom stereocenters. The number of allylic oxidation sites excluding steroid dienone is 2. The quantitative estimate of drug-likeness (QED) is 0.294. The van der Waals surface area contributed by atoms with Crippen molar-refractivity contribution in [3.63, 3.8) is 0 Å². The van der Waals surface area contributed by atoms with E-state index in [0.717, 1.165) is 0 Å². The van der Waals surface area contributed by atoms with Gasteiger partial charge >= 0.3 is 0 Å². The normalized spacial score (nSPS) is 39.1. The van der Waals surface area contributed by atoms with Crippen molar-refractivity contribution in [2.45, 2.75) is 15.6 Å². The zero-order valence-corrected chi connectivity index (χ0v) is 16.0. The molecule has 0 saturated heterocycles. The average molecular weight is 581 g/mol. The van der Waals surface area contributed by atoms with Gasteiger partial charge in [-0.1, -0.05) is 108 Å². The van der Waals surface area contributed by atoms with E-state index in [4.69, 9.17) is 5.26 Å². The van der Waals surface area contributed by atoms with Gasteiger partial charge < -0.3 is 0 Å². The molecule has 14 heavy (non-hydrogen) atoms. The van der Waals surface area contributed by atoms with Crippen molar-refractivity contribution in [1.82, 2.24) is 0 Å². The van der Waals surface area contributed by atoms with Gasteiger partial charge in [0.1, 0.15) is 6.47 Å². The fourth-order valence-electron chi connectivity index (χ4n) is 0.966. The molecule has 0 saturated carbocycles. The largest absolute Gasteiger partial charge is 0.196 e. The first kappa shape index (κ1) is 14.2. The van der Waals surface area contributed by atoms with Gasteiger partial charge in [0, 0.05) is 0 Å². The molecule has 0 bridgehead atoms. The van der Waals surface area contributed by atoms with E-state index in [1.165, 1.54) is 0 Å². The summed E-state index contributed by atoms with van der Waals surface area (Å²) in [6.45, 7) is 0. The maximum absolute atomic E-state index is 9.14. The van der Waals surface area contributed by atoms with E-state index >= 15 is 0 Å². The van der Waals surface area contributed by atoms with Crippen molar-refractivity contribution in [3.05, 3.63) is 12.2 Å². The van der Waals surface area contributed by atoms with E-state index < -0.39 is 10.8 Å². The minimum Gasteiger partial charge on any atom is -0.196 e. The number of nitriles is 1. The van der Waals surface area contributed by atoms with Gasteiger partial charge in [0.05, 0.1) is 10.9 Å². The van der Waals surface area contributed by atoms with Gasteiger partial charge in [0.2, 0.25) is 0 Å². The fourth-order valence-corrected chi connectivity index (χ4v) is 4.94. The van der Waals surface area contributed by atoms with Gasteiger partial charge in [0.15, 0.2) is 4.32 Å². The standard InChI is InChI=1S/C7H3Br6N/c8-4-1-2-5(9,3-14)7(12,13)6(4,10)11/h1-2,4H. The summed E-state index contributed by atoms with van der Waals surface area (Å²) in [5.74, 6) is 0. The number of nitrogens with zero attached hydrogens (tertiary/aromatic N) is 1. The van der Waals surface area contributed by atoms with E-state index in [1.807, 2.05) is 6.08 Å². The molecule has 0 aliphatic heterocycles. The molecule has 1 aliphatic carbocycles. The number of rotatable bonds is 0. The highest BCUT2D eigenvalue weighted by Gasteiger charge is 2.62. The molecule has 1 nitrogen and oxygen atoms in total. The Hall–Kier alpha value is 2.11. The predicted octanol–water partition coefficient (Wildman–Crippen LogP) is 4.95. The van der Waals surface area contributed by atoms with Crippen LogP contribution >= 0.6 is 95.6 Å². The van der Waals surface area contributed by atoms with Crippen molar-refractivity contribution < 1.29 is 0 Å². The number of alkyl halides is 6. The first-order valence-corrected chi connectivity index (χ1v) is 8.26. The lowest BCUT2D eigenvalue weighted by molar-refractivity contribution is 0.689. The number of halogens is 6. The van der Waals surface area contributed by atoms with Crippen LogP contribution in [0.25, 0.3) is 0 Å². The molecule has 0 fully saturated rings. The number of hydrogen-bond donors (Lipinski definition) is 0. The molecule has 0 amide bonds. The van der Waals surface area contributed by atoms with Crippen LogP contribution in [0.1, 0.15) is 0 Å². The molecule has 0 radical (unpaired) electrons. The highest BCUT2D eigenvalue weighted by molar-refractivity contribution is 9.31. The first-order valence-electron chi connectivity index (χ1n) is 3.38. The molecule has 1 aliphatic rings. The maximum Gasteiger partial charge on any atom is 0.157 e. The van der Waals surface area contributed by atoms with Crippen LogP contribution in [0.15, 0.2) is 12.2 Å². The highest BCUT2D eigenvalue weighted by Crippen LogP contribution is 2.62. The van der Waals surface area contributed by atoms with Crippen molar-refractivity contribution >= 4 is 95.6 Å². The summed E-state index contributed by atoms with van der Waals surface area (Å²) in [6.07, 6.45) is 3.71. The van der Waals surface area contributed by atoms with Crippen LogP contribution in [0.3, 0.4) is 0 Å². The lowest BCUT2D eigenvalue weighted by Crippen LogP contribution is -2.55. The third-order valence-electron chi connectivity index (χ3n) is 1.88. The van der Waals surface area contributed by atoms with E-state index in [2.05, 4.69) is 102 Å². The molecule has 0 N–H and O–H groups in total. The Labute approximate surface area is 133 Å². The Morgan fingerprint density at radius 2 is 1.64 bits per heavy atom. The SMILES string of the molecule is N#CC1(Br)C=CC(Br)C(Br)(Br)C1(Br)Br. The molecule has 0 spiro atoms. The summed E-state index contributed by atoms with van der Waals surface area (Å²) in [6, 6.07) is 2.20. The molecule has 0 aromatic carbocycles. The fraction of sp³-hybridized carbons (Fsp3) is 0.571. The monoisotopic (exact) mass is 575 g/mol. The molecule has 1 rings (SSSR count). The first-order chi connectivity index (χ1) is 6.19. The topological polar surface area (TPSA) is 23.8 Å². The van der Waals surface area contributed by atoms with Gasteiger partial charge in [-0.05, 0) is 0 Å².